The predicted molar refractivity (Wildman–Crippen MR) is 261 cm³/mol. The van der Waals surface area contributed by atoms with Crippen LogP contribution >= 0.6 is 0 Å². The smallest absolute Gasteiger partial charge is 0.306 e. The minimum absolute atomic E-state index is 0.0784. The molecule has 0 aliphatic rings. The second-order valence-corrected chi connectivity index (χ2v) is 17.5. The van der Waals surface area contributed by atoms with Crippen LogP contribution < -0.4 is 0 Å². The number of carbonyl (C=O) groups excluding carboxylic acids is 3. The number of ether oxygens (including phenoxy) is 3. The quantitative estimate of drug-likeness (QED) is 0.0199. The largest absolute Gasteiger partial charge is 0.462 e. The van der Waals surface area contributed by atoms with Crippen molar-refractivity contribution in [2.24, 2.45) is 0 Å². The van der Waals surface area contributed by atoms with Gasteiger partial charge in [-0.3, -0.25) is 14.4 Å². The van der Waals surface area contributed by atoms with E-state index >= 15 is 0 Å². The molecule has 0 aliphatic heterocycles. The number of hydrogen-bond donors (Lipinski definition) is 0. The van der Waals surface area contributed by atoms with Crippen LogP contribution in [0.15, 0.2) is 48.6 Å². The highest BCUT2D eigenvalue weighted by atomic mass is 16.6. The second kappa shape index (κ2) is 50.0. The maximum atomic E-state index is 12.8. The van der Waals surface area contributed by atoms with Crippen LogP contribution in [0.5, 0.6) is 0 Å². The third-order valence-corrected chi connectivity index (χ3v) is 11.3. The number of carbonyl (C=O) groups is 3. The van der Waals surface area contributed by atoms with Crippen LogP contribution in [0.3, 0.4) is 0 Å². The Bertz CT molecular complexity index is 1070. The molecular formula is C55H98O6. The summed E-state index contributed by atoms with van der Waals surface area (Å²) in [6.07, 6.45) is 59.4. The zero-order chi connectivity index (χ0) is 44.4. The van der Waals surface area contributed by atoms with E-state index in [0.29, 0.717) is 19.3 Å². The van der Waals surface area contributed by atoms with Crippen molar-refractivity contribution < 1.29 is 28.6 Å². The molecule has 0 fully saturated rings. The summed E-state index contributed by atoms with van der Waals surface area (Å²) < 4.78 is 16.8. The molecule has 6 nitrogen and oxygen atoms in total. The van der Waals surface area contributed by atoms with Crippen molar-refractivity contribution >= 4 is 17.9 Å². The van der Waals surface area contributed by atoms with Crippen LogP contribution in [-0.2, 0) is 28.6 Å². The van der Waals surface area contributed by atoms with Crippen molar-refractivity contribution in [2.75, 3.05) is 13.2 Å². The summed E-state index contributed by atoms with van der Waals surface area (Å²) in [7, 11) is 0. The molecule has 0 spiro atoms. The van der Waals surface area contributed by atoms with Gasteiger partial charge in [-0.2, -0.15) is 0 Å². The lowest BCUT2D eigenvalue weighted by atomic mass is 10.1. The number of allylic oxidation sites excluding steroid dienone is 8. The minimum Gasteiger partial charge on any atom is -0.462 e. The Morgan fingerprint density at radius 2 is 0.639 bits per heavy atom. The van der Waals surface area contributed by atoms with Crippen molar-refractivity contribution in [3.63, 3.8) is 0 Å². The third kappa shape index (κ3) is 48.3. The molecule has 1 atom stereocenters. The van der Waals surface area contributed by atoms with Crippen molar-refractivity contribution in [1.82, 2.24) is 0 Å². The first-order chi connectivity index (χ1) is 30.0. The first-order valence-electron chi connectivity index (χ1n) is 26.2. The van der Waals surface area contributed by atoms with Gasteiger partial charge in [-0.05, 0) is 77.0 Å². The van der Waals surface area contributed by atoms with Crippen molar-refractivity contribution in [3.8, 4) is 0 Å². The number of hydrogen-bond acceptors (Lipinski definition) is 6. The first-order valence-corrected chi connectivity index (χ1v) is 26.2. The molecule has 0 aromatic carbocycles. The van der Waals surface area contributed by atoms with Crippen LogP contribution in [0.25, 0.3) is 0 Å². The Balaban J connectivity index is 4.37. The van der Waals surface area contributed by atoms with Gasteiger partial charge in [-0.1, -0.05) is 217 Å². The van der Waals surface area contributed by atoms with E-state index in [4.69, 9.17) is 14.2 Å². The van der Waals surface area contributed by atoms with Crippen LogP contribution in [0.4, 0.5) is 0 Å². The van der Waals surface area contributed by atoms with Gasteiger partial charge >= 0.3 is 17.9 Å². The van der Waals surface area contributed by atoms with Gasteiger partial charge in [0.15, 0.2) is 6.10 Å². The lowest BCUT2D eigenvalue weighted by Crippen LogP contribution is -2.30. The fraction of sp³-hybridized carbons (Fsp3) is 0.800. The molecule has 0 saturated heterocycles. The molecule has 354 valence electrons. The van der Waals surface area contributed by atoms with Crippen LogP contribution in [-0.4, -0.2) is 37.2 Å². The van der Waals surface area contributed by atoms with Crippen molar-refractivity contribution in [3.05, 3.63) is 48.6 Å². The van der Waals surface area contributed by atoms with Crippen molar-refractivity contribution in [2.45, 2.75) is 271 Å². The van der Waals surface area contributed by atoms with Crippen LogP contribution in [0.2, 0.25) is 0 Å². The Labute approximate surface area is 378 Å². The highest BCUT2D eigenvalue weighted by Gasteiger charge is 2.19. The lowest BCUT2D eigenvalue weighted by Gasteiger charge is -2.18. The Morgan fingerprint density at radius 3 is 1.03 bits per heavy atom. The van der Waals surface area contributed by atoms with Gasteiger partial charge in [-0.15, -0.1) is 0 Å². The van der Waals surface area contributed by atoms with E-state index < -0.39 is 6.10 Å². The summed E-state index contributed by atoms with van der Waals surface area (Å²) in [6, 6.07) is 0. The standard InChI is InChI=1S/C55H98O6/c1-4-7-10-13-16-19-22-24-26-27-29-30-33-36-39-42-45-48-54(57)60-51-52(50-59-53(56)47-44-41-38-35-32-21-18-15-12-9-6-3)61-55(58)49-46-43-40-37-34-31-28-25-23-20-17-14-11-8-5-2/h16-17,19-20,23-26,52H,4-15,18,21-22,27-51H2,1-3H3/b19-16-,20-17-,25-23-,26-24-. The molecule has 0 rings (SSSR count). The van der Waals surface area contributed by atoms with Gasteiger partial charge < -0.3 is 14.2 Å². The van der Waals surface area contributed by atoms with Gasteiger partial charge in [0.2, 0.25) is 0 Å². The fourth-order valence-electron chi connectivity index (χ4n) is 7.35. The minimum atomic E-state index is -0.779. The molecule has 1 unspecified atom stereocenters. The molecule has 0 aromatic heterocycles. The molecule has 0 N–H and O–H groups in total. The van der Waals surface area contributed by atoms with E-state index in [9.17, 15) is 14.4 Å². The number of unbranched alkanes of at least 4 members (excludes halogenated alkanes) is 29. The summed E-state index contributed by atoms with van der Waals surface area (Å²) in [5.74, 6) is -0.892. The summed E-state index contributed by atoms with van der Waals surface area (Å²) in [5.41, 5.74) is 0. The summed E-state index contributed by atoms with van der Waals surface area (Å²) >= 11 is 0. The van der Waals surface area contributed by atoms with Gasteiger partial charge in [0, 0.05) is 19.3 Å². The maximum Gasteiger partial charge on any atom is 0.306 e. The summed E-state index contributed by atoms with van der Waals surface area (Å²) in [6.45, 7) is 6.57. The number of rotatable bonds is 47. The van der Waals surface area contributed by atoms with E-state index in [-0.39, 0.29) is 31.1 Å². The first kappa shape index (κ1) is 58.4. The zero-order valence-electron chi connectivity index (χ0n) is 40.4. The summed E-state index contributed by atoms with van der Waals surface area (Å²) in [4.78, 5) is 37.9. The van der Waals surface area contributed by atoms with E-state index in [2.05, 4.69) is 69.4 Å². The Hall–Kier alpha value is -2.63. The van der Waals surface area contributed by atoms with E-state index in [1.807, 2.05) is 0 Å². The molecule has 0 bridgehead atoms. The molecule has 61 heavy (non-hydrogen) atoms. The molecule has 0 aliphatic carbocycles. The predicted octanol–water partition coefficient (Wildman–Crippen LogP) is 17.1. The third-order valence-electron chi connectivity index (χ3n) is 11.3. The monoisotopic (exact) mass is 855 g/mol. The summed E-state index contributed by atoms with van der Waals surface area (Å²) in [5, 5.41) is 0. The van der Waals surface area contributed by atoms with Crippen molar-refractivity contribution in [1.29, 1.82) is 0 Å². The Kier molecular flexibility index (Phi) is 47.9. The van der Waals surface area contributed by atoms with E-state index in [1.54, 1.807) is 0 Å². The lowest BCUT2D eigenvalue weighted by molar-refractivity contribution is -0.167. The molecule has 0 radical (unpaired) electrons. The topological polar surface area (TPSA) is 78.9 Å². The molecule has 6 heteroatoms. The SMILES string of the molecule is CCCCC/C=C\C=C/CCCCCCCCC(=O)OC(COC(=O)CCCCCCCCC/C=C\C/C=C\CCCCC)COC(=O)CCCCCCCCCCCCC. The second-order valence-electron chi connectivity index (χ2n) is 17.5. The molecule has 0 aromatic rings. The maximum absolute atomic E-state index is 12.8. The fourth-order valence-corrected chi connectivity index (χ4v) is 7.35. The van der Waals surface area contributed by atoms with Gasteiger partial charge in [0.05, 0.1) is 0 Å². The van der Waals surface area contributed by atoms with Crippen LogP contribution in [0.1, 0.15) is 265 Å². The van der Waals surface area contributed by atoms with Gasteiger partial charge in [0.25, 0.3) is 0 Å². The molecular weight excluding hydrogens is 757 g/mol. The number of esters is 3. The molecule has 0 amide bonds. The van der Waals surface area contributed by atoms with E-state index in [1.165, 1.54) is 148 Å². The molecule has 0 heterocycles. The van der Waals surface area contributed by atoms with Gasteiger partial charge in [0.1, 0.15) is 13.2 Å². The zero-order valence-corrected chi connectivity index (χ0v) is 40.4. The van der Waals surface area contributed by atoms with Crippen LogP contribution in [0, 0.1) is 0 Å². The highest BCUT2D eigenvalue weighted by molar-refractivity contribution is 5.71. The highest BCUT2D eigenvalue weighted by Crippen LogP contribution is 2.15. The Morgan fingerprint density at radius 1 is 0.344 bits per heavy atom. The average Bonchev–Trinajstić information content (AvgIpc) is 3.26. The van der Waals surface area contributed by atoms with Gasteiger partial charge in [-0.25, -0.2) is 0 Å². The normalized spacial score (nSPS) is 12.4. The average molecular weight is 855 g/mol. The molecule has 0 saturated carbocycles. The van der Waals surface area contributed by atoms with E-state index in [0.717, 1.165) is 77.0 Å².